The standard InChI is InChI=1S/C5H10ClNO2/c1-2-9-5(8)4(7)3-6/h4H,2-3,7H2,1H3. The maximum atomic E-state index is 10.5. The van der Waals surface area contributed by atoms with Crippen LogP contribution < -0.4 is 5.73 Å². The molecule has 3 nitrogen and oxygen atoms in total. The first kappa shape index (κ1) is 8.72. The summed E-state index contributed by atoms with van der Waals surface area (Å²) in [6.07, 6.45) is 0. The summed E-state index contributed by atoms with van der Waals surface area (Å²) in [7, 11) is 0. The van der Waals surface area contributed by atoms with E-state index in [1.54, 1.807) is 6.92 Å². The van der Waals surface area contributed by atoms with Crippen LogP contribution in [-0.4, -0.2) is 24.5 Å². The van der Waals surface area contributed by atoms with Gasteiger partial charge in [-0.05, 0) is 6.92 Å². The van der Waals surface area contributed by atoms with E-state index in [4.69, 9.17) is 17.3 Å². The largest absolute Gasteiger partial charge is 0.465 e. The Labute approximate surface area is 59.1 Å². The molecule has 0 radical (unpaired) electrons. The molecule has 0 aliphatic heterocycles. The van der Waals surface area contributed by atoms with Crippen LogP contribution in [0.25, 0.3) is 0 Å². The molecule has 0 saturated heterocycles. The lowest BCUT2D eigenvalue weighted by Gasteiger charge is -2.04. The molecule has 9 heavy (non-hydrogen) atoms. The number of ether oxygens (including phenoxy) is 1. The summed E-state index contributed by atoms with van der Waals surface area (Å²) in [5.41, 5.74) is 5.20. The second-order valence-electron chi connectivity index (χ2n) is 1.51. The van der Waals surface area contributed by atoms with E-state index in [1.165, 1.54) is 0 Å². The number of hydrogen-bond acceptors (Lipinski definition) is 3. The molecule has 0 heterocycles. The van der Waals surface area contributed by atoms with Gasteiger partial charge in [-0.1, -0.05) is 0 Å². The molecule has 1 atom stereocenters. The molecule has 0 aliphatic carbocycles. The molecule has 54 valence electrons. The van der Waals surface area contributed by atoms with Gasteiger partial charge in [-0.3, -0.25) is 4.79 Å². The fourth-order valence-corrected chi connectivity index (χ4v) is 0.438. The average molecular weight is 152 g/mol. The van der Waals surface area contributed by atoms with E-state index in [1.807, 2.05) is 0 Å². The number of esters is 1. The summed E-state index contributed by atoms with van der Waals surface area (Å²) in [4.78, 5) is 10.5. The smallest absolute Gasteiger partial charge is 0.324 e. The Morgan fingerprint density at radius 1 is 1.89 bits per heavy atom. The minimum atomic E-state index is -0.674. The highest BCUT2D eigenvalue weighted by atomic mass is 35.5. The van der Waals surface area contributed by atoms with Crippen molar-refractivity contribution in [3.63, 3.8) is 0 Å². The average Bonchev–Trinajstić information content (AvgIpc) is 1.87. The van der Waals surface area contributed by atoms with Gasteiger partial charge in [-0.15, -0.1) is 11.6 Å². The highest BCUT2D eigenvalue weighted by Crippen LogP contribution is 1.87. The van der Waals surface area contributed by atoms with Gasteiger partial charge in [0.05, 0.1) is 6.61 Å². The Morgan fingerprint density at radius 2 is 2.44 bits per heavy atom. The summed E-state index contributed by atoms with van der Waals surface area (Å²) >= 11 is 5.26. The molecule has 0 spiro atoms. The second kappa shape index (κ2) is 4.58. The Morgan fingerprint density at radius 3 is 2.78 bits per heavy atom. The molecule has 1 unspecified atom stereocenters. The Balaban J connectivity index is 3.46. The number of halogens is 1. The van der Waals surface area contributed by atoms with Gasteiger partial charge in [0.2, 0.25) is 0 Å². The van der Waals surface area contributed by atoms with Gasteiger partial charge in [0.25, 0.3) is 0 Å². The molecule has 0 aromatic carbocycles. The van der Waals surface area contributed by atoms with Crippen LogP contribution in [0, 0.1) is 0 Å². The van der Waals surface area contributed by atoms with Crippen molar-refractivity contribution in [3.8, 4) is 0 Å². The second-order valence-corrected chi connectivity index (χ2v) is 1.82. The molecule has 0 saturated carbocycles. The fraction of sp³-hybridized carbons (Fsp3) is 0.800. The molecule has 0 bridgehead atoms. The predicted molar refractivity (Wildman–Crippen MR) is 35.3 cm³/mol. The quantitative estimate of drug-likeness (QED) is 0.460. The van der Waals surface area contributed by atoms with E-state index >= 15 is 0 Å². The van der Waals surface area contributed by atoms with Crippen LogP contribution in [-0.2, 0) is 9.53 Å². The minimum absolute atomic E-state index is 0.110. The van der Waals surface area contributed by atoms with Gasteiger partial charge >= 0.3 is 5.97 Å². The van der Waals surface area contributed by atoms with Crippen LogP contribution in [0.2, 0.25) is 0 Å². The lowest BCUT2D eigenvalue weighted by atomic mass is 10.4. The van der Waals surface area contributed by atoms with E-state index < -0.39 is 12.0 Å². The van der Waals surface area contributed by atoms with Crippen molar-refractivity contribution in [2.75, 3.05) is 12.5 Å². The van der Waals surface area contributed by atoms with Crippen LogP contribution in [0.4, 0.5) is 0 Å². The zero-order chi connectivity index (χ0) is 7.28. The molecule has 0 aliphatic rings. The van der Waals surface area contributed by atoms with E-state index in [2.05, 4.69) is 4.74 Å². The molecule has 4 heteroatoms. The molecule has 0 rings (SSSR count). The molecule has 0 amide bonds. The number of carbonyl (C=O) groups is 1. The number of carbonyl (C=O) groups excluding carboxylic acids is 1. The maximum absolute atomic E-state index is 10.5. The van der Waals surface area contributed by atoms with Crippen LogP contribution in [0.5, 0.6) is 0 Å². The van der Waals surface area contributed by atoms with Gasteiger partial charge in [0.1, 0.15) is 6.04 Å². The van der Waals surface area contributed by atoms with E-state index in [-0.39, 0.29) is 5.88 Å². The number of rotatable bonds is 3. The van der Waals surface area contributed by atoms with Crippen molar-refractivity contribution in [2.24, 2.45) is 5.73 Å². The molecule has 0 fully saturated rings. The summed E-state index contributed by atoms with van der Waals surface area (Å²) < 4.78 is 4.55. The third kappa shape index (κ3) is 3.32. The number of alkyl halides is 1. The van der Waals surface area contributed by atoms with E-state index in [9.17, 15) is 4.79 Å². The lowest BCUT2D eigenvalue weighted by molar-refractivity contribution is -0.144. The molecular weight excluding hydrogens is 142 g/mol. The van der Waals surface area contributed by atoms with Crippen molar-refractivity contribution >= 4 is 17.6 Å². The third-order valence-corrected chi connectivity index (χ3v) is 1.09. The van der Waals surface area contributed by atoms with Gasteiger partial charge in [-0.2, -0.15) is 0 Å². The van der Waals surface area contributed by atoms with Gasteiger partial charge in [0.15, 0.2) is 0 Å². The van der Waals surface area contributed by atoms with Crippen molar-refractivity contribution < 1.29 is 9.53 Å². The molecule has 0 aromatic rings. The molecular formula is C5H10ClNO2. The van der Waals surface area contributed by atoms with Crippen molar-refractivity contribution in [1.82, 2.24) is 0 Å². The highest BCUT2D eigenvalue weighted by Gasteiger charge is 2.11. The fourth-order valence-electron chi connectivity index (χ4n) is 0.312. The van der Waals surface area contributed by atoms with Gasteiger partial charge in [0, 0.05) is 5.88 Å². The topological polar surface area (TPSA) is 52.3 Å². The first-order valence-electron chi connectivity index (χ1n) is 2.70. The first-order chi connectivity index (χ1) is 4.22. The Kier molecular flexibility index (Phi) is 4.44. The molecule has 2 N–H and O–H groups in total. The van der Waals surface area contributed by atoms with Crippen LogP contribution in [0.15, 0.2) is 0 Å². The summed E-state index contributed by atoms with van der Waals surface area (Å²) in [5, 5.41) is 0. The number of hydrogen-bond donors (Lipinski definition) is 1. The van der Waals surface area contributed by atoms with Crippen LogP contribution >= 0.6 is 11.6 Å². The highest BCUT2D eigenvalue weighted by molar-refractivity contribution is 6.19. The van der Waals surface area contributed by atoms with Crippen molar-refractivity contribution in [3.05, 3.63) is 0 Å². The predicted octanol–water partition coefficient (Wildman–Crippen LogP) is 0.116. The van der Waals surface area contributed by atoms with Gasteiger partial charge in [-0.25, -0.2) is 0 Å². The normalized spacial score (nSPS) is 12.8. The SMILES string of the molecule is CCOC(=O)C(N)CCl. The molecule has 0 aromatic heterocycles. The van der Waals surface area contributed by atoms with Crippen molar-refractivity contribution in [2.45, 2.75) is 13.0 Å². The Bertz CT molecular complexity index is 97.0. The third-order valence-electron chi connectivity index (χ3n) is 0.756. The van der Waals surface area contributed by atoms with Crippen molar-refractivity contribution in [1.29, 1.82) is 0 Å². The summed E-state index contributed by atoms with van der Waals surface area (Å²) in [6.45, 7) is 2.07. The van der Waals surface area contributed by atoms with Gasteiger partial charge < -0.3 is 10.5 Å². The zero-order valence-corrected chi connectivity index (χ0v) is 6.02. The minimum Gasteiger partial charge on any atom is -0.465 e. The van der Waals surface area contributed by atoms with Crippen LogP contribution in [0.3, 0.4) is 0 Å². The summed E-state index contributed by atoms with van der Waals surface area (Å²) in [6, 6.07) is -0.674. The summed E-state index contributed by atoms with van der Waals surface area (Å²) in [5.74, 6) is -0.328. The zero-order valence-electron chi connectivity index (χ0n) is 5.26. The van der Waals surface area contributed by atoms with E-state index in [0.29, 0.717) is 6.61 Å². The lowest BCUT2D eigenvalue weighted by Crippen LogP contribution is -2.33. The number of nitrogens with two attached hydrogens (primary N) is 1. The first-order valence-corrected chi connectivity index (χ1v) is 3.24. The van der Waals surface area contributed by atoms with Crippen LogP contribution in [0.1, 0.15) is 6.92 Å². The monoisotopic (exact) mass is 151 g/mol. The Hall–Kier alpha value is -0.280. The maximum Gasteiger partial charge on any atom is 0.324 e. The van der Waals surface area contributed by atoms with E-state index in [0.717, 1.165) is 0 Å².